The molecule has 380 valence electrons. The summed E-state index contributed by atoms with van der Waals surface area (Å²) in [5.74, 6) is 3.00. The summed E-state index contributed by atoms with van der Waals surface area (Å²) in [5, 5.41) is 6.27. The Bertz CT molecular complexity index is 4380. The Labute approximate surface area is 474 Å². The van der Waals surface area contributed by atoms with E-state index in [1.165, 1.54) is 39.1 Å². The number of hydrogen-bond donors (Lipinski definition) is 0. The van der Waals surface area contributed by atoms with Gasteiger partial charge in [0.25, 0.3) is 0 Å². The molecule has 0 saturated heterocycles. The molecule has 0 N–H and O–H groups in total. The first-order valence-corrected chi connectivity index (χ1v) is 27.5. The first kappa shape index (κ1) is 47.9. The van der Waals surface area contributed by atoms with E-state index in [1.54, 1.807) is 17.4 Å². The number of thiophene rings is 1. The molecule has 3 heterocycles. The van der Waals surface area contributed by atoms with Crippen LogP contribution in [-0.4, -0.2) is 9.55 Å². The van der Waals surface area contributed by atoms with Gasteiger partial charge in [-0.2, -0.15) is 11.3 Å². The molecule has 0 unspecified atom stereocenters. The zero-order chi connectivity index (χ0) is 54.9. The number of aromatic nitrogens is 4. The third-order valence-corrected chi connectivity index (χ3v) is 16.2. The summed E-state index contributed by atoms with van der Waals surface area (Å²) in [5.41, 5.74) is 16.1. The molecule has 6 heteroatoms. The van der Waals surface area contributed by atoms with E-state index < -0.39 is 6.85 Å². The molecule has 0 aliphatic carbocycles. The molecule has 13 aromatic rings. The molecule has 77 heavy (non-hydrogen) atoms. The van der Waals surface area contributed by atoms with Crippen LogP contribution < -0.4 is 9.55 Å². The summed E-state index contributed by atoms with van der Waals surface area (Å²) < 4.78 is 32.5. The van der Waals surface area contributed by atoms with Crippen LogP contribution >= 0.6 is 11.3 Å². The molecular weight excluding hydrogens is 1130 g/mol. The minimum Gasteiger partial charge on any atom is -0.333 e. The number of fused-ring (bicyclic) bond motifs is 8. The van der Waals surface area contributed by atoms with Crippen LogP contribution in [0.2, 0.25) is 0 Å². The van der Waals surface area contributed by atoms with Gasteiger partial charge in [-0.3, -0.25) is 9.97 Å². The van der Waals surface area contributed by atoms with Crippen molar-refractivity contribution >= 4 is 75.1 Å². The molecule has 13 rings (SSSR count). The summed E-state index contributed by atoms with van der Waals surface area (Å²) in [6.07, 6.45) is 0. The van der Waals surface area contributed by atoms with Gasteiger partial charge in [0.05, 0.1) is 33.7 Å². The van der Waals surface area contributed by atoms with E-state index in [0.717, 1.165) is 92.2 Å². The van der Waals surface area contributed by atoms with E-state index in [-0.39, 0.29) is 31.9 Å². The van der Waals surface area contributed by atoms with Gasteiger partial charge < -0.3 is 9.13 Å². The van der Waals surface area contributed by atoms with Crippen molar-refractivity contribution in [1.29, 1.82) is 0 Å². The number of aryl methyl sites for hydroxylation is 1. The number of benzene rings is 10. The molecule has 0 atom stereocenters. The Morgan fingerprint density at radius 2 is 1.25 bits per heavy atom. The Hall–Kier alpha value is -7.47. The SMILES string of the molecule is CC(C)c1cccc(C(C)C)c1-n1c(-c2[c-]cccc2)nc2ccccc21.[2H]C([2H])([2H])c1c[c-]c(-c2[n-]c3ccccc3[n+]2-c2c(C(C)C)cc(-c3ccccc3)cc2C(C)C)c2sc3cc4ccc5ccccc5c4cc3c12.[Ir+3]. The van der Waals surface area contributed by atoms with Crippen molar-refractivity contribution in [3.05, 3.63) is 228 Å². The quantitative estimate of drug-likeness (QED) is 0.0820. The smallest absolute Gasteiger partial charge is 0.333 e. The summed E-state index contributed by atoms with van der Waals surface area (Å²) in [7, 11) is 0. The van der Waals surface area contributed by atoms with Gasteiger partial charge in [-0.05, 0) is 137 Å². The summed E-state index contributed by atoms with van der Waals surface area (Å²) in [6, 6.07) is 72.4. The van der Waals surface area contributed by atoms with Crippen molar-refractivity contribution in [3.63, 3.8) is 0 Å². The topological polar surface area (TPSA) is 35.8 Å². The van der Waals surface area contributed by atoms with Crippen molar-refractivity contribution < 1.29 is 28.8 Å². The van der Waals surface area contributed by atoms with Crippen molar-refractivity contribution in [1.82, 2.24) is 14.5 Å². The standard InChI is InChI=1S/C46H37N2S.C25H25N2.Ir/c1-27(2)36-23-33(30-13-7-6-8-14-30)24-37(28(3)4)44(36)48-41-18-12-11-17-40(41)47-46(48)35-22-19-29(5)43-39-26-38-32(25-42(39)49-45(35)43)21-20-31-15-9-10-16-34(31)38;1-17(2)20-13-10-14-21(18(3)4)24(20)27-23-16-9-8-15-22(23)26-25(27)19-11-6-5-7-12-19;/h6-21,23-28H,1-5H3;5-11,13-18H,1-4H3;/q2*-1;+3/i5D3;;. The van der Waals surface area contributed by atoms with Crippen LogP contribution in [-0.2, 0) is 20.1 Å². The third kappa shape index (κ3) is 9.20. The first-order valence-electron chi connectivity index (χ1n) is 28.2. The predicted octanol–water partition coefficient (Wildman–Crippen LogP) is 19.2. The van der Waals surface area contributed by atoms with E-state index in [1.807, 2.05) is 24.3 Å². The fraction of sp³-hybridized carbons (Fsp3) is 0.183. The molecular formula is C71H62IrN4S+. The van der Waals surface area contributed by atoms with E-state index in [9.17, 15) is 0 Å². The average Bonchev–Trinajstić information content (AvgIpc) is 4.35. The number of hydrogen-bond acceptors (Lipinski definition) is 2. The maximum Gasteiger partial charge on any atom is 3.00 e. The zero-order valence-corrected chi connectivity index (χ0v) is 47.9. The van der Waals surface area contributed by atoms with Crippen LogP contribution in [0.15, 0.2) is 188 Å². The Kier molecular flexibility index (Phi) is 13.2. The molecule has 0 spiro atoms. The van der Waals surface area contributed by atoms with Crippen LogP contribution in [0.3, 0.4) is 0 Å². The van der Waals surface area contributed by atoms with E-state index in [0.29, 0.717) is 17.4 Å². The molecule has 4 nitrogen and oxygen atoms in total. The second-order valence-electron chi connectivity index (χ2n) is 21.3. The minimum atomic E-state index is -2.32. The number of rotatable bonds is 9. The van der Waals surface area contributed by atoms with Gasteiger partial charge in [0.1, 0.15) is 0 Å². The van der Waals surface area contributed by atoms with Crippen LogP contribution in [0, 0.1) is 19.0 Å². The second kappa shape index (κ2) is 21.2. The average molecular weight is 1200 g/mol. The number of nitrogens with zero attached hydrogens (tertiary/aromatic N) is 4. The van der Waals surface area contributed by atoms with Crippen molar-refractivity contribution in [2.24, 2.45) is 0 Å². The Balaban J connectivity index is 0.000000203. The molecule has 0 aliphatic heterocycles. The fourth-order valence-corrected chi connectivity index (χ4v) is 12.5. The van der Waals surface area contributed by atoms with Gasteiger partial charge in [-0.25, -0.2) is 0 Å². The maximum atomic E-state index is 8.64. The Morgan fingerprint density at radius 1 is 0.584 bits per heavy atom. The summed E-state index contributed by atoms with van der Waals surface area (Å²) in [4.78, 5) is 10.3. The van der Waals surface area contributed by atoms with E-state index in [2.05, 4.69) is 234 Å². The van der Waals surface area contributed by atoms with Crippen LogP contribution in [0.1, 0.15) is 111 Å². The van der Waals surface area contributed by atoms with Gasteiger partial charge in [-0.1, -0.05) is 182 Å². The van der Waals surface area contributed by atoms with Gasteiger partial charge >= 0.3 is 20.1 Å². The van der Waals surface area contributed by atoms with Crippen LogP contribution in [0.4, 0.5) is 0 Å². The third-order valence-electron chi connectivity index (χ3n) is 15.0. The summed E-state index contributed by atoms with van der Waals surface area (Å²) in [6.45, 7) is 15.7. The molecule has 0 bridgehead atoms. The molecule has 0 amide bonds. The second-order valence-corrected chi connectivity index (χ2v) is 22.4. The molecule has 0 aliphatic rings. The largest absolute Gasteiger partial charge is 3.00 e. The monoisotopic (exact) mass is 1200 g/mol. The Morgan fingerprint density at radius 3 is 1.96 bits per heavy atom. The fourth-order valence-electron chi connectivity index (χ4n) is 11.3. The first-order chi connectivity index (χ1) is 38.2. The van der Waals surface area contributed by atoms with E-state index >= 15 is 0 Å². The number of imidazole rings is 2. The van der Waals surface area contributed by atoms with Crippen LogP contribution in [0.25, 0.3) is 109 Å². The molecule has 3 aromatic heterocycles. The van der Waals surface area contributed by atoms with Gasteiger partial charge in [0.15, 0.2) is 0 Å². The predicted molar refractivity (Wildman–Crippen MR) is 323 cm³/mol. The molecule has 0 fully saturated rings. The van der Waals surface area contributed by atoms with Crippen molar-refractivity contribution in [2.75, 3.05) is 0 Å². The summed E-state index contributed by atoms with van der Waals surface area (Å²) >= 11 is 1.63. The maximum absolute atomic E-state index is 8.64. The van der Waals surface area contributed by atoms with Gasteiger partial charge in [-0.15, -0.1) is 53.6 Å². The molecule has 0 radical (unpaired) electrons. The van der Waals surface area contributed by atoms with E-state index in [4.69, 9.17) is 14.1 Å². The van der Waals surface area contributed by atoms with Crippen LogP contribution in [0.5, 0.6) is 0 Å². The van der Waals surface area contributed by atoms with Crippen molar-refractivity contribution in [3.8, 4) is 45.3 Å². The van der Waals surface area contributed by atoms with Gasteiger partial charge in [0, 0.05) is 20.2 Å². The van der Waals surface area contributed by atoms with Gasteiger partial charge in [0.2, 0.25) is 0 Å². The molecule has 10 aromatic carbocycles. The van der Waals surface area contributed by atoms with Crippen molar-refractivity contribution in [2.45, 2.75) is 85.9 Å². The number of para-hydroxylation sites is 5. The minimum absolute atomic E-state index is 0. The zero-order valence-electron chi connectivity index (χ0n) is 47.7. The molecule has 0 saturated carbocycles. The normalized spacial score (nSPS) is 12.5.